The van der Waals surface area contributed by atoms with E-state index in [0.717, 1.165) is 6.07 Å². The maximum atomic E-state index is 14.0. The minimum atomic E-state index is -1.21. The largest absolute Gasteiger partial charge is 0.479 e. The number of carbonyl (C=O) groups excluding carboxylic acids is 1. The highest BCUT2D eigenvalue weighted by Crippen LogP contribution is 2.23. The number of benzene rings is 1. The summed E-state index contributed by atoms with van der Waals surface area (Å²) in [6.07, 6.45) is 0.155. The molecular formula is C15H15ClFN3O4. The van der Waals surface area contributed by atoms with E-state index >= 15 is 0 Å². The summed E-state index contributed by atoms with van der Waals surface area (Å²) in [7, 11) is 0. The molecule has 0 bridgehead atoms. The van der Waals surface area contributed by atoms with E-state index in [-0.39, 0.29) is 22.2 Å². The molecule has 1 heterocycles. The zero-order valence-corrected chi connectivity index (χ0v) is 13.7. The second-order valence-electron chi connectivity index (χ2n) is 4.85. The Hall–Kier alpha value is -2.61. The van der Waals surface area contributed by atoms with E-state index in [1.165, 1.54) is 29.9 Å². The lowest BCUT2D eigenvalue weighted by molar-refractivity contribution is -0.144. The lowest BCUT2D eigenvalue weighted by atomic mass is 10.2. The molecule has 2 rings (SSSR count). The van der Waals surface area contributed by atoms with Crippen molar-refractivity contribution in [2.45, 2.75) is 26.5 Å². The number of aromatic nitrogens is 2. The van der Waals surface area contributed by atoms with Crippen molar-refractivity contribution in [3.8, 4) is 5.75 Å². The number of carbonyl (C=O) groups is 2. The van der Waals surface area contributed by atoms with Gasteiger partial charge in [0.25, 0.3) is 5.91 Å². The molecule has 1 amide bonds. The zero-order valence-electron chi connectivity index (χ0n) is 12.9. The quantitative estimate of drug-likeness (QED) is 0.831. The summed E-state index contributed by atoms with van der Waals surface area (Å²) in [4.78, 5) is 23.0. The number of nitrogens with one attached hydrogen (secondary N) is 1. The monoisotopic (exact) mass is 355 g/mol. The van der Waals surface area contributed by atoms with Crippen LogP contribution in [0.15, 0.2) is 24.4 Å². The Morgan fingerprint density at radius 2 is 2.21 bits per heavy atom. The summed E-state index contributed by atoms with van der Waals surface area (Å²) >= 11 is 5.93. The van der Waals surface area contributed by atoms with Gasteiger partial charge in [0.1, 0.15) is 5.69 Å². The number of carboxylic acid groups (broad SMARTS) is 1. The number of hydrogen-bond donors (Lipinski definition) is 2. The molecule has 0 fully saturated rings. The maximum Gasteiger partial charge on any atom is 0.344 e. The first-order valence-electron chi connectivity index (χ1n) is 7.05. The van der Waals surface area contributed by atoms with E-state index < -0.39 is 23.8 Å². The molecule has 1 unspecified atom stereocenters. The Balaban J connectivity index is 2.16. The number of anilines is 1. The number of nitrogens with zero attached hydrogens (tertiary/aromatic N) is 2. The highest BCUT2D eigenvalue weighted by molar-refractivity contribution is 6.34. The van der Waals surface area contributed by atoms with Gasteiger partial charge in [-0.2, -0.15) is 5.10 Å². The maximum absolute atomic E-state index is 14.0. The van der Waals surface area contributed by atoms with Gasteiger partial charge in [-0.1, -0.05) is 11.6 Å². The fourth-order valence-electron chi connectivity index (χ4n) is 1.93. The lowest BCUT2D eigenvalue weighted by Gasteiger charge is -2.12. The molecule has 24 heavy (non-hydrogen) atoms. The number of aliphatic carboxylic acids is 1. The van der Waals surface area contributed by atoms with Crippen molar-refractivity contribution >= 4 is 29.2 Å². The number of hydrogen-bond acceptors (Lipinski definition) is 4. The Kier molecular flexibility index (Phi) is 5.40. The van der Waals surface area contributed by atoms with Gasteiger partial charge in [-0.25, -0.2) is 9.18 Å². The SMILES string of the molecule is CCn1ncc(Cl)c1C(=O)Nc1ccc(OC(C)C(=O)O)c(F)c1. The van der Waals surface area contributed by atoms with Crippen LogP contribution in [0.1, 0.15) is 24.3 Å². The van der Waals surface area contributed by atoms with Crippen LogP contribution in [0.4, 0.5) is 10.1 Å². The summed E-state index contributed by atoms with van der Waals surface area (Å²) < 4.78 is 20.4. The van der Waals surface area contributed by atoms with E-state index in [1.807, 2.05) is 0 Å². The van der Waals surface area contributed by atoms with E-state index in [9.17, 15) is 14.0 Å². The highest BCUT2D eigenvalue weighted by atomic mass is 35.5. The predicted molar refractivity (Wildman–Crippen MR) is 85.0 cm³/mol. The van der Waals surface area contributed by atoms with Crippen LogP contribution in [0.25, 0.3) is 0 Å². The molecule has 0 aliphatic heterocycles. The Labute approximate surface area is 142 Å². The average molecular weight is 356 g/mol. The van der Waals surface area contributed by atoms with E-state index in [4.69, 9.17) is 21.4 Å². The van der Waals surface area contributed by atoms with Crippen molar-refractivity contribution in [1.82, 2.24) is 9.78 Å². The molecule has 2 aromatic rings. The molecule has 2 N–H and O–H groups in total. The Morgan fingerprint density at radius 3 is 2.79 bits per heavy atom. The van der Waals surface area contributed by atoms with Gasteiger partial charge < -0.3 is 15.2 Å². The Morgan fingerprint density at radius 1 is 1.50 bits per heavy atom. The van der Waals surface area contributed by atoms with E-state index in [0.29, 0.717) is 6.54 Å². The lowest BCUT2D eigenvalue weighted by Crippen LogP contribution is -2.23. The van der Waals surface area contributed by atoms with Crippen molar-refractivity contribution in [3.63, 3.8) is 0 Å². The summed E-state index contributed by atoms with van der Waals surface area (Å²) in [6.45, 7) is 3.53. The third-order valence-electron chi connectivity index (χ3n) is 3.15. The highest BCUT2D eigenvalue weighted by Gasteiger charge is 2.19. The zero-order chi connectivity index (χ0) is 17.9. The van der Waals surface area contributed by atoms with Crippen molar-refractivity contribution < 1.29 is 23.8 Å². The first-order valence-corrected chi connectivity index (χ1v) is 7.43. The standard InChI is InChI=1S/C15H15ClFN3O4/c1-3-20-13(10(16)7-18-20)14(21)19-9-4-5-12(11(17)6-9)24-8(2)15(22)23/h4-8H,3H2,1-2H3,(H,19,21)(H,22,23). The second kappa shape index (κ2) is 7.31. The molecule has 0 aliphatic carbocycles. The van der Waals surface area contributed by atoms with Crippen LogP contribution >= 0.6 is 11.6 Å². The van der Waals surface area contributed by atoms with Gasteiger partial charge >= 0.3 is 5.97 Å². The van der Waals surface area contributed by atoms with Crippen molar-refractivity contribution in [3.05, 3.63) is 40.9 Å². The molecule has 1 aromatic carbocycles. The predicted octanol–water partition coefficient (Wildman–Crippen LogP) is 2.80. The van der Waals surface area contributed by atoms with Gasteiger partial charge in [0.2, 0.25) is 0 Å². The minimum absolute atomic E-state index is 0.166. The number of rotatable bonds is 6. The first-order chi connectivity index (χ1) is 11.3. The number of aryl methyl sites for hydroxylation is 1. The van der Waals surface area contributed by atoms with Gasteiger partial charge in [0, 0.05) is 18.3 Å². The van der Waals surface area contributed by atoms with Crippen LogP contribution in [-0.2, 0) is 11.3 Å². The molecule has 7 nitrogen and oxygen atoms in total. The third kappa shape index (κ3) is 3.83. The molecule has 0 aliphatic rings. The van der Waals surface area contributed by atoms with Crippen LogP contribution in [0.2, 0.25) is 5.02 Å². The third-order valence-corrected chi connectivity index (χ3v) is 3.43. The Bertz CT molecular complexity index is 778. The van der Waals surface area contributed by atoms with Crippen LogP contribution in [0.3, 0.4) is 0 Å². The summed E-state index contributed by atoms with van der Waals surface area (Å²) in [5.41, 5.74) is 0.340. The van der Waals surface area contributed by atoms with Crippen molar-refractivity contribution in [2.75, 3.05) is 5.32 Å². The molecule has 0 radical (unpaired) electrons. The number of ether oxygens (including phenoxy) is 1. The number of amides is 1. The molecular weight excluding hydrogens is 341 g/mol. The minimum Gasteiger partial charge on any atom is -0.479 e. The fraction of sp³-hybridized carbons (Fsp3) is 0.267. The molecule has 1 atom stereocenters. The number of halogens is 2. The van der Waals surface area contributed by atoms with Gasteiger partial charge in [0.15, 0.2) is 17.7 Å². The van der Waals surface area contributed by atoms with Crippen LogP contribution in [-0.4, -0.2) is 32.9 Å². The first kappa shape index (κ1) is 17.7. The molecule has 128 valence electrons. The van der Waals surface area contributed by atoms with E-state index in [1.54, 1.807) is 6.92 Å². The molecule has 0 saturated heterocycles. The van der Waals surface area contributed by atoms with Crippen LogP contribution < -0.4 is 10.1 Å². The van der Waals surface area contributed by atoms with Gasteiger partial charge in [-0.05, 0) is 26.0 Å². The van der Waals surface area contributed by atoms with Crippen LogP contribution in [0, 0.1) is 5.82 Å². The summed E-state index contributed by atoms with van der Waals surface area (Å²) in [5, 5.41) is 15.4. The van der Waals surface area contributed by atoms with Crippen molar-refractivity contribution in [1.29, 1.82) is 0 Å². The topological polar surface area (TPSA) is 93.5 Å². The van der Waals surface area contributed by atoms with Gasteiger partial charge in [-0.3, -0.25) is 9.48 Å². The molecule has 0 spiro atoms. The number of carboxylic acids is 1. The van der Waals surface area contributed by atoms with Gasteiger partial charge in [-0.15, -0.1) is 0 Å². The smallest absolute Gasteiger partial charge is 0.344 e. The molecule has 9 heteroatoms. The van der Waals surface area contributed by atoms with Gasteiger partial charge in [0.05, 0.1) is 11.2 Å². The van der Waals surface area contributed by atoms with Crippen LogP contribution in [0.5, 0.6) is 5.75 Å². The molecule has 1 aromatic heterocycles. The van der Waals surface area contributed by atoms with E-state index in [2.05, 4.69) is 10.4 Å². The average Bonchev–Trinajstić information content (AvgIpc) is 2.90. The molecule has 0 saturated carbocycles. The van der Waals surface area contributed by atoms with Crippen molar-refractivity contribution in [2.24, 2.45) is 0 Å². The summed E-state index contributed by atoms with van der Waals surface area (Å²) in [6, 6.07) is 3.66. The normalized spacial score (nSPS) is 11.8. The second-order valence-corrected chi connectivity index (χ2v) is 5.26. The fourth-order valence-corrected chi connectivity index (χ4v) is 2.16. The summed E-state index contributed by atoms with van der Waals surface area (Å²) in [5.74, 6) is -2.77.